The van der Waals surface area contributed by atoms with E-state index in [4.69, 9.17) is 21.7 Å². The monoisotopic (exact) mass is 477 g/mol. The van der Waals surface area contributed by atoms with Gasteiger partial charge in [0.1, 0.15) is 18.1 Å². The minimum absolute atomic E-state index is 0.234. The number of amides is 4. The molecule has 9 N–H and O–H groups in total. The molecule has 0 aromatic carbocycles. The van der Waals surface area contributed by atoms with E-state index in [0.717, 1.165) is 0 Å². The van der Waals surface area contributed by atoms with Crippen LogP contribution >= 0.6 is 11.8 Å². The maximum Gasteiger partial charge on any atom is 0.326 e. The zero-order valence-electron chi connectivity index (χ0n) is 18.0. The van der Waals surface area contributed by atoms with E-state index in [0.29, 0.717) is 12.2 Å². The molecule has 0 saturated heterocycles. The van der Waals surface area contributed by atoms with Gasteiger partial charge in [0.2, 0.25) is 23.6 Å². The Morgan fingerprint density at radius 2 is 1.41 bits per heavy atom. The third-order valence-electron chi connectivity index (χ3n) is 4.30. The highest BCUT2D eigenvalue weighted by atomic mass is 32.2. The van der Waals surface area contributed by atoms with Crippen LogP contribution in [0.1, 0.15) is 39.0 Å². The lowest BCUT2D eigenvalue weighted by Gasteiger charge is -2.23. The lowest BCUT2D eigenvalue weighted by Crippen LogP contribution is -2.56. The summed E-state index contributed by atoms with van der Waals surface area (Å²) in [7, 11) is 0. The van der Waals surface area contributed by atoms with Crippen molar-refractivity contribution in [2.45, 2.75) is 63.2 Å². The average Bonchev–Trinajstić information content (AvgIpc) is 2.70. The quantitative estimate of drug-likeness (QED) is 0.126. The number of primary amides is 1. The van der Waals surface area contributed by atoms with Crippen LogP contribution in [0.5, 0.6) is 0 Å². The number of thioether (sulfide) groups is 1. The Morgan fingerprint density at radius 1 is 0.844 bits per heavy atom. The Balaban J connectivity index is 5.08. The first-order valence-electron chi connectivity index (χ1n) is 9.77. The number of carboxylic acids is 2. The Morgan fingerprint density at radius 3 is 1.91 bits per heavy atom. The summed E-state index contributed by atoms with van der Waals surface area (Å²) in [4.78, 5) is 70.0. The minimum atomic E-state index is -1.40. The van der Waals surface area contributed by atoms with Crippen molar-refractivity contribution in [3.05, 3.63) is 0 Å². The predicted octanol–water partition coefficient (Wildman–Crippen LogP) is -2.24. The van der Waals surface area contributed by atoms with Crippen LogP contribution in [0, 0.1) is 0 Å². The van der Waals surface area contributed by atoms with Crippen LogP contribution in [0.2, 0.25) is 0 Å². The molecule has 4 unspecified atom stereocenters. The largest absolute Gasteiger partial charge is 0.481 e. The molecule has 32 heavy (non-hydrogen) atoms. The van der Waals surface area contributed by atoms with Crippen LogP contribution in [0.25, 0.3) is 0 Å². The summed E-state index contributed by atoms with van der Waals surface area (Å²) in [6.07, 6.45) is 1.02. The number of carbonyl (C=O) groups is 6. The SMILES string of the molecule is CSCCC(N)C(=O)NC(CCC(=O)O)C(=O)NC(C)C(=O)NC(CCC(N)=O)C(=O)O. The predicted molar refractivity (Wildman–Crippen MR) is 115 cm³/mol. The lowest BCUT2D eigenvalue weighted by atomic mass is 10.1. The first-order valence-corrected chi connectivity index (χ1v) is 11.2. The molecule has 0 heterocycles. The van der Waals surface area contributed by atoms with E-state index in [1.807, 2.05) is 6.26 Å². The highest BCUT2D eigenvalue weighted by Gasteiger charge is 2.28. The summed E-state index contributed by atoms with van der Waals surface area (Å²) >= 11 is 1.48. The summed E-state index contributed by atoms with van der Waals surface area (Å²) in [6, 6.07) is -4.78. The Labute approximate surface area is 189 Å². The fourth-order valence-electron chi connectivity index (χ4n) is 2.41. The van der Waals surface area contributed by atoms with E-state index >= 15 is 0 Å². The molecule has 14 heteroatoms. The number of aliphatic carboxylic acids is 2. The average molecular weight is 478 g/mol. The van der Waals surface area contributed by atoms with Gasteiger partial charge in [0.15, 0.2) is 0 Å². The maximum atomic E-state index is 12.6. The van der Waals surface area contributed by atoms with Crippen molar-refractivity contribution in [2.75, 3.05) is 12.0 Å². The van der Waals surface area contributed by atoms with E-state index in [1.165, 1.54) is 18.7 Å². The highest BCUT2D eigenvalue weighted by Crippen LogP contribution is 2.04. The molecule has 4 atom stereocenters. The number of hydrogen-bond acceptors (Lipinski definition) is 8. The summed E-state index contributed by atoms with van der Waals surface area (Å²) in [5, 5.41) is 24.9. The number of nitrogens with two attached hydrogens (primary N) is 2. The zero-order valence-corrected chi connectivity index (χ0v) is 18.8. The normalized spacial score (nSPS) is 14.3. The molecule has 0 radical (unpaired) electrons. The number of rotatable bonds is 16. The molecule has 182 valence electrons. The van der Waals surface area contributed by atoms with Crippen LogP contribution in [0.4, 0.5) is 0 Å². The van der Waals surface area contributed by atoms with Gasteiger partial charge in [-0.2, -0.15) is 11.8 Å². The molecule has 0 rings (SSSR count). The minimum Gasteiger partial charge on any atom is -0.481 e. The van der Waals surface area contributed by atoms with Crippen LogP contribution in [0.3, 0.4) is 0 Å². The van der Waals surface area contributed by atoms with Crippen molar-refractivity contribution in [2.24, 2.45) is 11.5 Å². The van der Waals surface area contributed by atoms with Crippen molar-refractivity contribution in [1.82, 2.24) is 16.0 Å². The lowest BCUT2D eigenvalue weighted by molar-refractivity contribution is -0.142. The van der Waals surface area contributed by atoms with E-state index in [9.17, 15) is 28.8 Å². The number of nitrogens with one attached hydrogen (secondary N) is 3. The van der Waals surface area contributed by atoms with Gasteiger partial charge in [0.05, 0.1) is 6.04 Å². The fraction of sp³-hybridized carbons (Fsp3) is 0.667. The van der Waals surface area contributed by atoms with Gasteiger partial charge in [-0.15, -0.1) is 0 Å². The molecule has 4 amide bonds. The molecule has 0 bridgehead atoms. The molecule has 0 saturated carbocycles. The van der Waals surface area contributed by atoms with Crippen molar-refractivity contribution in [3.8, 4) is 0 Å². The number of carboxylic acid groups (broad SMARTS) is 2. The molecule has 0 aromatic rings. The molecule has 0 aromatic heterocycles. The van der Waals surface area contributed by atoms with Crippen molar-refractivity contribution in [1.29, 1.82) is 0 Å². The van der Waals surface area contributed by atoms with E-state index in [1.54, 1.807) is 0 Å². The summed E-state index contributed by atoms with van der Waals surface area (Å²) < 4.78 is 0. The number of hydrogen-bond donors (Lipinski definition) is 7. The van der Waals surface area contributed by atoms with Crippen LogP contribution in [-0.4, -0.2) is 82.0 Å². The Kier molecular flexibility index (Phi) is 13.7. The van der Waals surface area contributed by atoms with Crippen molar-refractivity contribution >= 4 is 47.3 Å². The van der Waals surface area contributed by atoms with Crippen molar-refractivity contribution < 1.29 is 39.0 Å². The standard InChI is InChI=1S/C18H31N5O8S/c1-9(15(27)23-12(18(30)31)3-5-13(20)24)21-17(29)11(4-6-14(25)26)22-16(28)10(19)7-8-32-2/h9-12H,3-8,19H2,1-2H3,(H2,20,24)(H,21,29)(H,22,28)(H,23,27)(H,25,26)(H,30,31). The Bertz CT molecular complexity index is 705. The third-order valence-corrected chi connectivity index (χ3v) is 4.94. The molecule has 0 aliphatic rings. The van der Waals surface area contributed by atoms with E-state index < -0.39 is 66.2 Å². The van der Waals surface area contributed by atoms with Crippen LogP contribution < -0.4 is 27.4 Å². The summed E-state index contributed by atoms with van der Waals surface area (Å²) in [6.45, 7) is 1.28. The van der Waals surface area contributed by atoms with Gasteiger partial charge in [0, 0.05) is 12.8 Å². The van der Waals surface area contributed by atoms with Gasteiger partial charge in [0.25, 0.3) is 0 Å². The fourth-order valence-corrected chi connectivity index (χ4v) is 2.90. The second-order valence-corrected chi connectivity index (χ2v) is 8.00. The van der Waals surface area contributed by atoms with Crippen LogP contribution in [-0.2, 0) is 28.8 Å². The molecule has 0 spiro atoms. The molecule has 0 fully saturated rings. The highest BCUT2D eigenvalue weighted by molar-refractivity contribution is 7.98. The first kappa shape index (κ1) is 29.1. The second kappa shape index (κ2) is 15.0. The van der Waals surface area contributed by atoms with Gasteiger partial charge >= 0.3 is 11.9 Å². The zero-order chi connectivity index (χ0) is 24.8. The summed E-state index contributed by atoms with van der Waals surface area (Å²) in [5.41, 5.74) is 10.7. The van der Waals surface area contributed by atoms with Crippen molar-refractivity contribution in [3.63, 3.8) is 0 Å². The van der Waals surface area contributed by atoms with Gasteiger partial charge in [-0.25, -0.2) is 4.79 Å². The van der Waals surface area contributed by atoms with Crippen LogP contribution in [0.15, 0.2) is 0 Å². The summed E-state index contributed by atoms with van der Waals surface area (Å²) in [5.74, 6) is -5.02. The molecule has 0 aliphatic carbocycles. The van der Waals surface area contributed by atoms with E-state index in [-0.39, 0.29) is 19.3 Å². The number of carbonyl (C=O) groups excluding carboxylic acids is 4. The van der Waals surface area contributed by atoms with E-state index in [2.05, 4.69) is 16.0 Å². The van der Waals surface area contributed by atoms with Gasteiger partial charge < -0.3 is 37.6 Å². The third kappa shape index (κ3) is 12.1. The van der Waals surface area contributed by atoms with Gasteiger partial charge in [-0.1, -0.05) is 0 Å². The van der Waals surface area contributed by atoms with Gasteiger partial charge in [-0.05, 0) is 38.2 Å². The first-order chi connectivity index (χ1) is 14.9. The molecule has 13 nitrogen and oxygen atoms in total. The smallest absolute Gasteiger partial charge is 0.326 e. The molecular weight excluding hydrogens is 446 g/mol. The molecular formula is C18H31N5O8S. The molecule has 0 aliphatic heterocycles. The topological polar surface area (TPSA) is 231 Å². The Hall–Kier alpha value is -2.87. The maximum absolute atomic E-state index is 12.6. The van der Waals surface area contributed by atoms with Gasteiger partial charge in [-0.3, -0.25) is 24.0 Å². The second-order valence-electron chi connectivity index (χ2n) is 7.02.